The third-order valence-corrected chi connectivity index (χ3v) is 3.42. The van der Waals surface area contributed by atoms with Crippen LogP contribution in [-0.2, 0) is 5.41 Å². The van der Waals surface area contributed by atoms with Crippen LogP contribution in [0.15, 0.2) is 18.2 Å². The van der Waals surface area contributed by atoms with Gasteiger partial charge < -0.3 is 5.73 Å². The first-order valence-corrected chi connectivity index (χ1v) is 6.57. The molecule has 102 valence electrons. The molecular weight excluding hydrogens is 240 g/mol. The largest absolute Gasteiger partial charge is 0.330 e. The quantitative estimate of drug-likeness (QED) is 0.845. The third kappa shape index (κ3) is 2.40. The van der Waals surface area contributed by atoms with E-state index in [-0.39, 0.29) is 17.2 Å². The zero-order valence-corrected chi connectivity index (χ0v) is 11.7. The van der Waals surface area contributed by atoms with Gasteiger partial charge in [-0.05, 0) is 36.1 Å². The molecule has 0 bridgehead atoms. The third-order valence-electron chi connectivity index (χ3n) is 3.42. The van der Waals surface area contributed by atoms with Crippen LogP contribution in [0.5, 0.6) is 0 Å². The highest BCUT2D eigenvalue weighted by Gasteiger charge is 2.35. The first-order chi connectivity index (χ1) is 8.86. The molecule has 0 fully saturated rings. The summed E-state index contributed by atoms with van der Waals surface area (Å²) in [6.45, 7) is 7.13. The van der Waals surface area contributed by atoms with Crippen molar-refractivity contribution in [1.29, 1.82) is 0 Å². The SMILES string of the molecule is CC(C)(C)c1ccc2c(c1)C(=O)N(CCCN)C2=O. The highest BCUT2D eigenvalue weighted by molar-refractivity contribution is 6.21. The number of rotatable bonds is 3. The number of hydrogen-bond acceptors (Lipinski definition) is 3. The van der Waals surface area contributed by atoms with Gasteiger partial charge in [-0.25, -0.2) is 0 Å². The van der Waals surface area contributed by atoms with Crippen molar-refractivity contribution in [1.82, 2.24) is 4.90 Å². The van der Waals surface area contributed by atoms with Crippen LogP contribution in [0, 0.1) is 0 Å². The zero-order valence-electron chi connectivity index (χ0n) is 11.7. The Bertz CT molecular complexity index is 529. The summed E-state index contributed by atoms with van der Waals surface area (Å²) in [6.07, 6.45) is 0.637. The molecule has 1 aromatic rings. The molecular formula is C15H20N2O2. The summed E-state index contributed by atoms with van der Waals surface area (Å²) in [5.41, 5.74) is 7.49. The molecule has 1 aliphatic heterocycles. The fraction of sp³-hybridized carbons (Fsp3) is 0.467. The van der Waals surface area contributed by atoms with Gasteiger partial charge in [-0.15, -0.1) is 0 Å². The second kappa shape index (κ2) is 4.78. The average molecular weight is 260 g/mol. The minimum Gasteiger partial charge on any atom is -0.330 e. The van der Waals surface area contributed by atoms with E-state index in [0.717, 1.165) is 5.56 Å². The molecule has 0 unspecified atom stereocenters. The lowest BCUT2D eigenvalue weighted by Crippen LogP contribution is -2.31. The van der Waals surface area contributed by atoms with Gasteiger partial charge in [0, 0.05) is 6.54 Å². The minimum atomic E-state index is -0.200. The van der Waals surface area contributed by atoms with E-state index in [2.05, 4.69) is 20.8 Å². The number of amides is 2. The second-order valence-corrected chi connectivity index (χ2v) is 5.91. The number of carbonyl (C=O) groups is 2. The Kier molecular flexibility index (Phi) is 3.45. The number of imide groups is 1. The van der Waals surface area contributed by atoms with Crippen molar-refractivity contribution >= 4 is 11.8 Å². The van der Waals surface area contributed by atoms with Gasteiger partial charge in [0.15, 0.2) is 0 Å². The second-order valence-electron chi connectivity index (χ2n) is 5.91. The molecule has 19 heavy (non-hydrogen) atoms. The first-order valence-electron chi connectivity index (χ1n) is 6.57. The summed E-state index contributed by atoms with van der Waals surface area (Å²) >= 11 is 0. The van der Waals surface area contributed by atoms with E-state index in [1.807, 2.05) is 12.1 Å². The lowest BCUT2D eigenvalue weighted by Gasteiger charge is -2.19. The molecule has 2 N–H and O–H groups in total. The van der Waals surface area contributed by atoms with Crippen LogP contribution < -0.4 is 5.73 Å². The van der Waals surface area contributed by atoms with Crippen LogP contribution in [0.25, 0.3) is 0 Å². The number of fused-ring (bicyclic) bond motifs is 1. The van der Waals surface area contributed by atoms with Crippen molar-refractivity contribution in [3.63, 3.8) is 0 Å². The summed E-state index contributed by atoms with van der Waals surface area (Å²) in [5, 5.41) is 0. The maximum absolute atomic E-state index is 12.3. The lowest BCUT2D eigenvalue weighted by molar-refractivity contribution is 0.0653. The number of nitrogens with two attached hydrogens (primary N) is 1. The monoisotopic (exact) mass is 260 g/mol. The Labute approximate surface area is 113 Å². The van der Waals surface area contributed by atoms with E-state index in [9.17, 15) is 9.59 Å². The molecule has 2 amide bonds. The average Bonchev–Trinajstić information content (AvgIpc) is 2.59. The van der Waals surface area contributed by atoms with Crippen LogP contribution >= 0.6 is 0 Å². The Morgan fingerprint density at radius 3 is 2.32 bits per heavy atom. The van der Waals surface area contributed by atoms with Crippen LogP contribution in [0.3, 0.4) is 0 Å². The lowest BCUT2D eigenvalue weighted by atomic mass is 9.85. The van der Waals surface area contributed by atoms with Gasteiger partial charge in [-0.1, -0.05) is 26.8 Å². The van der Waals surface area contributed by atoms with Gasteiger partial charge in [-0.2, -0.15) is 0 Å². The van der Waals surface area contributed by atoms with Gasteiger partial charge in [0.1, 0.15) is 0 Å². The van der Waals surface area contributed by atoms with E-state index in [4.69, 9.17) is 5.73 Å². The molecule has 4 heteroatoms. The van der Waals surface area contributed by atoms with Crippen LogP contribution in [-0.4, -0.2) is 29.8 Å². The summed E-state index contributed by atoms with van der Waals surface area (Å²) in [5.74, 6) is -0.395. The van der Waals surface area contributed by atoms with Crippen LogP contribution in [0.4, 0.5) is 0 Å². The molecule has 1 aromatic carbocycles. The first kappa shape index (κ1) is 13.7. The predicted molar refractivity (Wildman–Crippen MR) is 74.2 cm³/mol. The number of hydrogen-bond donors (Lipinski definition) is 1. The molecule has 0 radical (unpaired) electrons. The molecule has 0 aliphatic carbocycles. The van der Waals surface area contributed by atoms with Crippen molar-refractivity contribution in [3.8, 4) is 0 Å². The Balaban J connectivity index is 2.37. The summed E-state index contributed by atoms with van der Waals surface area (Å²) in [7, 11) is 0. The van der Waals surface area contributed by atoms with Crippen molar-refractivity contribution < 1.29 is 9.59 Å². The molecule has 0 saturated heterocycles. The molecule has 0 saturated carbocycles. The molecule has 2 rings (SSSR count). The number of carbonyl (C=O) groups excluding carboxylic acids is 2. The van der Waals surface area contributed by atoms with Crippen LogP contribution in [0.2, 0.25) is 0 Å². The summed E-state index contributed by atoms with van der Waals surface area (Å²) in [6, 6.07) is 5.53. The maximum atomic E-state index is 12.3. The van der Waals surface area contributed by atoms with Crippen molar-refractivity contribution in [3.05, 3.63) is 34.9 Å². The number of nitrogens with zero attached hydrogens (tertiary/aromatic N) is 1. The minimum absolute atomic E-state index is 0.0387. The topological polar surface area (TPSA) is 63.4 Å². The van der Waals surface area contributed by atoms with E-state index in [0.29, 0.717) is 30.6 Å². The van der Waals surface area contributed by atoms with E-state index < -0.39 is 0 Å². The predicted octanol–water partition coefficient (Wildman–Crippen LogP) is 1.93. The van der Waals surface area contributed by atoms with Crippen molar-refractivity contribution in [2.45, 2.75) is 32.6 Å². The van der Waals surface area contributed by atoms with Gasteiger partial charge in [0.2, 0.25) is 0 Å². The van der Waals surface area contributed by atoms with E-state index >= 15 is 0 Å². The zero-order chi connectivity index (χ0) is 14.2. The number of benzene rings is 1. The summed E-state index contributed by atoms with van der Waals surface area (Å²) in [4.78, 5) is 25.7. The van der Waals surface area contributed by atoms with Crippen molar-refractivity contribution in [2.75, 3.05) is 13.1 Å². The molecule has 0 atom stereocenters. The summed E-state index contributed by atoms with van der Waals surface area (Å²) < 4.78 is 0. The maximum Gasteiger partial charge on any atom is 0.261 e. The molecule has 0 spiro atoms. The Morgan fingerprint density at radius 2 is 1.74 bits per heavy atom. The molecule has 0 aromatic heterocycles. The smallest absolute Gasteiger partial charge is 0.261 e. The van der Waals surface area contributed by atoms with Gasteiger partial charge in [0.05, 0.1) is 11.1 Å². The highest BCUT2D eigenvalue weighted by Crippen LogP contribution is 2.29. The Morgan fingerprint density at radius 1 is 1.11 bits per heavy atom. The van der Waals surface area contributed by atoms with Gasteiger partial charge in [0.25, 0.3) is 11.8 Å². The molecule has 1 heterocycles. The van der Waals surface area contributed by atoms with Crippen molar-refractivity contribution in [2.24, 2.45) is 5.73 Å². The van der Waals surface area contributed by atoms with Gasteiger partial charge >= 0.3 is 0 Å². The van der Waals surface area contributed by atoms with E-state index in [1.54, 1.807) is 6.07 Å². The normalized spacial score (nSPS) is 15.1. The fourth-order valence-electron chi connectivity index (χ4n) is 2.21. The fourth-order valence-corrected chi connectivity index (χ4v) is 2.21. The highest BCUT2D eigenvalue weighted by atomic mass is 16.2. The standard InChI is InChI=1S/C15H20N2O2/c1-15(2,3)10-5-6-11-12(9-10)14(19)17(13(11)18)8-4-7-16/h5-6,9H,4,7-8,16H2,1-3H3. The van der Waals surface area contributed by atoms with E-state index in [1.165, 1.54) is 4.90 Å². The molecule has 1 aliphatic rings. The van der Waals surface area contributed by atoms with Crippen LogP contribution in [0.1, 0.15) is 53.5 Å². The Hall–Kier alpha value is -1.68. The van der Waals surface area contributed by atoms with Gasteiger partial charge in [-0.3, -0.25) is 14.5 Å². The molecule has 4 nitrogen and oxygen atoms in total.